The lowest BCUT2D eigenvalue weighted by atomic mass is 10.00. The highest BCUT2D eigenvalue weighted by Gasteiger charge is 2.31. The third kappa shape index (κ3) is 6.04. The first-order valence-corrected chi connectivity index (χ1v) is 17.3. The number of anilines is 3. The summed E-state index contributed by atoms with van der Waals surface area (Å²) in [5.74, 6) is 0.686. The van der Waals surface area contributed by atoms with Gasteiger partial charge in [-0.05, 0) is 64.2 Å². The van der Waals surface area contributed by atoms with E-state index in [0.29, 0.717) is 5.82 Å². The molecule has 1 N–H and O–H groups in total. The summed E-state index contributed by atoms with van der Waals surface area (Å²) in [6.07, 6.45) is -0.0940. The smallest absolute Gasteiger partial charge is 0.160 e. The van der Waals surface area contributed by atoms with E-state index in [4.69, 9.17) is 9.97 Å². The van der Waals surface area contributed by atoms with Crippen LogP contribution in [0.5, 0.6) is 0 Å². The summed E-state index contributed by atoms with van der Waals surface area (Å²) in [5, 5.41) is 3.78. The van der Waals surface area contributed by atoms with Gasteiger partial charge in [0.25, 0.3) is 0 Å². The fourth-order valence-electron chi connectivity index (χ4n) is 6.91. The molecule has 0 amide bonds. The Kier molecular flexibility index (Phi) is 7.88. The molecule has 4 nitrogen and oxygen atoms in total. The van der Waals surface area contributed by atoms with Gasteiger partial charge in [-0.2, -0.15) is 0 Å². The van der Waals surface area contributed by atoms with Crippen LogP contribution in [0.1, 0.15) is 11.7 Å². The Morgan fingerprint density at radius 3 is 1.45 bits per heavy atom. The van der Waals surface area contributed by atoms with Crippen molar-refractivity contribution in [3.05, 3.63) is 200 Å². The Balaban J connectivity index is 1.13. The van der Waals surface area contributed by atoms with E-state index in [1.807, 2.05) is 12.1 Å². The molecule has 0 aliphatic carbocycles. The van der Waals surface area contributed by atoms with Crippen molar-refractivity contribution in [1.29, 1.82) is 0 Å². The van der Waals surface area contributed by atoms with Crippen LogP contribution in [-0.2, 0) is 0 Å². The van der Waals surface area contributed by atoms with E-state index >= 15 is 0 Å². The zero-order valence-electron chi connectivity index (χ0n) is 27.9. The molecule has 1 unspecified atom stereocenters. The van der Waals surface area contributed by atoms with Crippen molar-refractivity contribution in [2.24, 2.45) is 0 Å². The zero-order chi connectivity index (χ0) is 34.0. The number of nitrogens with one attached hydrogen (secondary N) is 1. The van der Waals surface area contributed by atoms with Crippen molar-refractivity contribution in [3.63, 3.8) is 0 Å². The first kappa shape index (κ1) is 30.3. The van der Waals surface area contributed by atoms with Gasteiger partial charge in [-0.25, -0.2) is 9.97 Å². The number of hydrogen-bond donors (Lipinski definition) is 1. The average molecular weight is 655 g/mol. The van der Waals surface area contributed by atoms with Gasteiger partial charge in [0.1, 0.15) is 6.17 Å². The van der Waals surface area contributed by atoms with Gasteiger partial charge in [0.05, 0.1) is 22.8 Å². The van der Waals surface area contributed by atoms with Gasteiger partial charge in [-0.1, -0.05) is 158 Å². The molecule has 4 heteroatoms. The molecular weight excluding hydrogens is 621 g/mol. The Bertz CT molecular complexity index is 2320. The second kappa shape index (κ2) is 13.3. The highest BCUT2D eigenvalue weighted by atomic mass is 15.3. The molecule has 0 bridgehead atoms. The average Bonchev–Trinajstić information content (AvgIpc) is 3.62. The van der Waals surface area contributed by atoms with Crippen molar-refractivity contribution in [1.82, 2.24) is 9.97 Å². The molecule has 1 aliphatic rings. The van der Waals surface area contributed by atoms with E-state index in [2.05, 4.69) is 192 Å². The summed E-state index contributed by atoms with van der Waals surface area (Å²) in [6, 6.07) is 68.0. The fraction of sp³-hybridized carbons (Fsp3) is 0.0213. The van der Waals surface area contributed by atoms with Crippen LogP contribution in [0.3, 0.4) is 0 Å². The number of aromatic nitrogens is 2. The quantitative estimate of drug-likeness (QED) is 0.186. The lowest BCUT2D eigenvalue weighted by Crippen LogP contribution is -2.23. The summed E-state index contributed by atoms with van der Waals surface area (Å²) in [5.41, 5.74) is 14.0. The van der Waals surface area contributed by atoms with Crippen molar-refractivity contribution in [2.75, 3.05) is 10.2 Å². The molecule has 1 aliphatic heterocycles. The number of hydrogen-bond acceptors (Lipinski definition) is 4. The molecule has 0 saturated carbocycles. The van der Waals surface area contributed by atoms with Gasteiger partial charge in [0, 0.05) is 22.4 Å². The molecular formula is C47H34N4. The normalized spacial score (nSPS) is 13.4. The molecule has 1 atom stereocenters. The maximum atomic E-state index is 5.21. The van der Waals surface area contributed by atoms with E-state index in [-0.39, 0.29) is 6.17 Å². The van der Waals surface area contributed by atoms with Gasteiger partial charge >= 0.3 is 0 Å². The SMILES string of the molecule is c1ccc(-c2ccc(-c3cc(-c4ccc(-c5ccccc5)cc4)nc(-c4cccc(C5Nc6ccccc6N5c5ccccc5)c4)n3)cc2)cc1. The fourth-order valence-corrected chi connectivity index (χ4v) is 6.91. The Labute approximate surface area is 298 Å². The van der Waals surface area contributed by atoms with Crippen LogP contribution in [0, 0.1) is 0 Å². The van der Waals surface area contributed by atoms with E-state index in [0.717, 1.165) is 50.7 Å². The number of fused-ring (bicyclic) bond motifs is 1. The summed E-state index contributed by atoms with van der Waals surface area (Å²) in [7, 11) is 0. The zero-order valence-corrected chi connectivity index (χ0v) is 27.9. The minimum atomic E-state index is -0.0940. The van der Waals surface area contributed by atoms with Gasteiger partial charge in [0.2, 0.25) is 0 Å². The van der Waals surface area contributed by atoms with E-state index in [1.54, 1.807) is 0 Å². The highest BCUT2D eigenvalue weighted by molar-refractivity contribution is 5.83. The second-order valence-electron chi connectivity index (χ2n) is 12.7. The van der Waals surface area contributed by atoms with Crippen molar-refractivity contribution in [3.8, 4) is 56.2 Å². The predicted octanol–water partition coefficient (Wildman–Crippen LogP) is 12.1. The van der Waals surface area contributed by atoms with Crippen LogP contribution >= 0.6 is 0 Å². The Hall–Kier alpha value is -6.78. The Morgan fingerprint density at radius 1 is 0.392 bits per heavy atom. The third-order valence-corrected chi connectivity index (χ3v) is 9.51. The maximum Gasteiger partial charge on any atom is 0.160 e. The van der Waals surface area contributed by atoms with Gasteiger partial charge in [-0.3, -0.25) is 0 Å². The Morgan fingerprint density at radius 2 is 0.863 bits per heavy atom. The minimum absolute atomic E-state index is 0.0940. The lowest BCUT2D eigenvalue weighted by molar-refractivity contribution is 0.828. The van der Waals surface area contributed by atoms with Gasteiger partial charge in [-0.15, -0.1) is 0 Å². The van der Waals surface area contributed by atoms with Crippen LogP contribution in [0.2, 0.25) is 0 Å². The summed E-state index contributed by atoms with van der Waals surface area (Å²) >= 11 is 0. The van der Waals surface area contributed by atoms with Crippen LogP contribution in [-0.4, -0.2) is 9.97 Å². The molecule has 242 valence electrons. The molecule has 9 rings (SSSR count). The number of nitrogens with zero attached hydrogens (tertiary/aromatic N) is 3. The summed E-state index contributed by atoms with van der Waals surface area (Å²) < 4.78 is 0. The van der Waals surface area contributed by atoms with Crippen molar-refractivity contribution in [2.45, 2.75) is 6.17 Å². The van der Waals surface area contributed by atoms with E-state index in [1.165, 1.54) is 22.3 Å². The van der Waals surface area contributed by atoms with Crippen molar-refractivity contribution < 1.29 is 0 Å². The topological polar surface area (TPSA) is 41.1 Å². The standard InChI is InChI=1S/C47H34N4/c1-4-13-33(14-5-1)35-23-27-37(28-24-35)43-32-44(38-29-25-36(26-30-38)34-15-6-2-7-16-34)49-46(48-43)39-17-12-18-40(31-39)47-50-42-21-10-11-22-45(42)51(47)41-19-8-3-9-20-41/h1-32,47,50H. The third-order valence-electron chi connectivity index (χ3n) is 9.51. The number of rotatable bonds is 7. The summed E-state index contributed by atoms with van der Waals surface area (Å²) in [6.45, 7) is 0. The van der Waals surface area contributed by atoms with Gasteiger partial charge < -0.3 is 10.2 Å². The molecule has 0 radical (unpaired) electrons. The lowest BCUT2D eigenvalue weighted by Gasteiger charge is -2.27. The largest absolute Gasteiger partial charge is 0.359 e. The molecule has 0 saturated heterocycles. The van der Waals surface area contributed by atoms with Crippen molar-refractivity contribution >= 4 is 17.1 Å². The first-order valence-electron chi connectivity index (χ1n) is 17.3. The van der Waals surface area contributed by atoms with E-state index in [9.17, 15) is 0 Å². The molecule has 2 heterocycles. The van der Waals surface area contributed by atoms with Crippen LogP contribution in [0.15, 0.2) is 194 Å². The van der Waals surface area contributed by atoms with Crippen LogP contribution in [0.4, 0.5) is 17.1 Å². The van der Waals surface area contributed by atoms with Crippen LogP contribution < -0.4 is 10.2 Å². The second-order valence-corrected chi connectivity index (χ2v) is 12.7. The maximum absolute atomic E-state index is 5.21. The van der Waals surface area contributed by atoms with Crippen LogP contribution in [0.25, 0.3) is 56.2 Å². The van der Waals surface area contributed by atoms with E-state index < -0.39 is 0 Å². The van der Waals surface area contributed by atoms with Gasteiger partial charge in [0.15, 0.2) is 5.82 Å². The predicted molar refractivity (Wildman–Crippen MR) is 211 cm³/mol. The molecule has 0 spiro atoms. The number of para-hydroxylation sites is 3. The molecule has 7 aromatic carbocycles. The highest BCUT2D eigenvalue weighted by Crippen LogP contribution is 2.46. The molecule has 51 heavy (non-hydrogen) atoms. The molecule has 8 aromatic rings. The monoisotopic (exact) mass is 654 g/mol. The molecule has 1 aromatic heterocycles. The first-order chi connectivity index (χ1) is 25.3. The summed E-state index contributed by atoms with van der Waals surface area (Å²) in [4.78, 5) is 12.8. The minimum Gasteiger partial charge on any atom is -0.359 e. The number of benzene rings is 7. The molecule has 0 fully saturated rings.